The lowest BCUT2D eigenvalue weighted by Crippen LogP contribution is -2.31. The molecule has 1 aliphatic rings. The van der Waals surface area contributed by atoms with Crippen LogP contribution >= 0.6 is 0 Å². The molecule has 100 valence electrons. The van der Waals surface area contributed by atoms with E-state index >= 15 is 0 Å². The third kappa shape index (κ3) is 3.08. The van der Waals surface area contributed by atoms with Crippen molar-refractivity contribution in [2.45, 2.75) is 45.6 Å². The van der Waals surface area contributed by atoms with E-state index in [1.165, 1.54) is 44.2 Å². The highest BCUT2D eigenvalue weighted by Crippen LogP contribution is 2.40. The van der Waals surface area contributed by atoms with E-state index in [0.29, 0.717) is 17.5 Å². The van der Waals surface area contributed by atoms with E-state index in [2.05, 4.69) is 12.2 Å². The van der Waals surface area contributed by atoms with E-state index < -0.39 is 11.6 Å². The Morgan fingerprint density at radius 2 is 1.94 bits per heavy atom. The number of hydrogen-bond acceptors (Lipinski definition) is 1. The topological polar surface area (TPSA) is 12.0 Å². The van der Waals surface area contributed by atoms with Gasteiger partial charge in [-0.15, -0.1) is 0 Å². The molecule has 0 saturated heterocycles. The first-order chi connectivity index (χ1) is 8.65. The standard InChI is InChI=1S/C15H21F2N/c1-2-15(7-3-4-8-15)11-18-10-12-5-6-13(16)9-14(12)17/h5-6,9,18H,2-4,7-8,10-11H2,1H3. The highest BCUT2D eigenvalue weighted by molar-refractivity contribution is 5.18. The second-order valence-corrected chi connectivity index (χ2v) is 5.40. The van der Waals surface area contributed by atoms with Gasteiger partial charge in [0.2, 0.25) is 0 Å². The van der Waals surface area contributed by atoms with Crippen LogP contribution in [-0.4, -0.2) is 6.54 Å². The van der Waals surface area contributed by atoms with Gasteiger partial charge in [-0.05, 0) is 30.7 Å². The van der Waals surface area contributed by atoms with Crippen molar-refractivity contribution in [1.29, 1.82) is 0 Å². The molecule has 1 N–H and O–H groups in total. The fourth-order valence-electron chi connectivity index (χ4n) is 2.91. The van der Waals surface area contributed by atoms with Crippen molar-refractivity contribution in [3.63, 3.8) is 0 Å². The van der Waals surface area contributed by atoms with Crippen molar-refractivity contribution >= 4 is 0 Å². The minimum Gasteiger partial charge on any atom is -0.312 e. The van der Waals surface area contributed by atoms with Crippen LogP contribution in [0.5, 0.6) is 0 Å². The summed E-state index contributed by atoms with van der Waals surface area (Å²) in [6.45, 7) is 3.64. The summed E-state index contributed by atoms with van der Waals surface area (Å²) in [5, 5.41) is 3.33. The van der Waals surface area contributed by atoms with Gasteiger partial charge in [0.15, 0.2) is 0 Å². The molecule has 1 aromatic carbocycles. The number of hydrogen-bond donors (Lipinski definition) is 1. The van der Waals surface area contributed by atoms with E-state index in [4.69, 9.17) is 0 Å². The van der Waals surface area contributed by atoms with Crippen molar-refractivity contribution < 1.29 is 8.78 Å². The summed E-state index contributed by atoms with van der Waals surface area (Å²) in [5.74, 6) is -0.975. The Bertz CT molecular complexity index is 397. The first-order valence-electron chi connectivity index (χ1n) is 6.80. The summed E-state index contributed by atoms with van der Waals surface area (Å²) in [6.07, 6.45) is 6.32. The van der Waals surface area contributed by atoms with E-state index in [-0.39, 0.29) is 0 Å². The molecule has 0 radical (unpaired) electrons. The Balaban J connectivity index is 1.88. The molecular formula is C15H21F2N. The molecule has 1 fully saturated rings. The molecule has 1 aromatic rings. The van der Waals surface area contributed by atoms with Gasteiger partial charge < -0.3 is 5.32 Å². The van der Waals surface area contributed by atoms with Crippen molar-refractivity contribution in [1.82, 2.24) is 5.32 Å². The molecule has 0 aliphatic heterocycles. The lowest BCUT2D eigenvalue weighted by molar-refractivity contribution is 0.267. The molecule has 18 heavy (non-hydrogen) atoms. The summed E-state index contributed by atoms with van der Waals surface area (Å²) >= 11 is 0. The predicted molar refractivity (Wildman–Crippen MR) is 69.3 cm³/mol. The SMILES string of the molecule is CCC1(CNCc2ccc(F)cc2F)CCCC1. The minimum absolute atomic E-state index is 0.399. The van der Waals surface area contributed by atoms with Crippen LogP contribution in [-0.2, 0) is 6.54 Å². The molecule has 0 aromatic heterocycles. The Morgan fingerprint density at radius 3 is 2.56 bits per heavy atom. The predicted octanol–water partition coefficient (Wildman–Crippen LogP) is 4.02. The molecule has 3 heteroatoms. The van der Waals surface area contributed by atoms with Crippen LogP contribution in [0.1, 0.15) is 44.6 Å². The number of rotatable bonds is 5. The summed E-state index contributed by atoms with van der Waals surface area (Å²) in [7, 11) is 0. The molecule has 0 amide bonds. The van der Waals surface area contributed by atoms with Gasteiger partial charge >= 0.3 is 0 Å². The fraction of sp³-hybridized carbons (Fsp3) is 0.600. The first kappa shape index (κ1) is 13.5. The fourth-order valence-corrected chi connectivity index (χ4v) is 2.91. The van der Waals surface area contributed by atoms with Gasteiger partial charge in [-0.25, -0.2) is 8.78 Å². The highest BCUT2D eigenvalue weighted by Gasteiger charge is 2.31. The number of halogens is 2. The Labute approximate surface area is 108 Å². The molecule has 1 saturated carbocycles. The molecule has 1 nitrogen and oxygen atoms in total. The maximum absolute atomic E-state index is 13.4. The van der Waals surface area contributed by atoms with Gasteiger partial charge in [-0.2, -0.15) is 0 Å². The van der Waals surface area contributed by atoms with E-state index in [9.17, 15) is 8.78 Å². The van der Waals surface area contributed by atoms with Gasteiger partial charge in [0.1, 0.15) is 11.6 Å². The molecule has 0 unspecified atom stereocenters. The summed E-state index contributed by atoms with van der Waals surface area (Å²) in [6, 6.07) is 3.78. The zero-order valence-corrected chi connectivity index (χ0v) is 10.9. The largest absolute Gasteiger partial charge is 0.312 e. The summed E-state index contributed by atoms with van der Waals surface area (Å²) < 4.78 is 26.2. The smallest absolute Gasteiger partial charge is 0.130 e. The zero-order valence-electron chi connectivity index (χ0n) is 10.9. The molecule has 1 aliphatic carbocycles. The summed E-state index contributed by atoms with van der Waals surface area (Å²) in [5.41, 5.74) is 0.942. The van der Waals surface area contributed by atoms with Gasteiger partial charge in [-0.1, -0.05) is 25.8 Å². The first-order valence-corrected chi connectivity index (χ1v) is 6.80. The third-order valence-corrected chi connectivity index (χ3v) is 4.24. The van der Waals surface area contributed by atoms with Crippen molar-refractivity contribution in [3.05, 3.63) is 35.4 Å². The van der Waals surface area contributed by atoms with Gasteiger partial charge in [0.05, 0.1) is 0 Å². The highest BCUT2D eigenvalue weighted by atomic mass is 19.1. The second kappa shape index (κ2) is 5.79. The van der Waals surface area contributed by atoms with Crippen molar-refractivity contribution in [2.75, 3.05) is 6.54 Å². The Kier molecular flexibility index (Phi) is 4.33. The van der Waals surface area contributed by atoms with Crippen LogP contribution in [0, 0.1) is 17.0 Å². The molecule has 0 atom stereocenters. The van der Waals surface area contributed by atoms with Crippen molar-refractivity contribution in [3.8, 4) is 0 Å². The maximum atomic E-state index is 13.4. The van der Waals surface area contributed by atoms with Crippen LogP contribution in [0.2, 0.25) is 0 Å². The molecule has 0 heterocycles. The van der Waals surface area contributed by atoms with Gasteiger partial charge in [0, 0.05) is 24.7 Å². The maximum Gasteiger partial charge on any atom is 0.130 e. The van der Waals surface area contributed by atoms with E-state index in [1.807, 2.05) is 0 Å². The minimum atomic E-state index is -0.517. The van der Waals surface area contributed by atoms with Crippen LogP contribution in [0.3, 0.4) is 0 Å². The molecule has 2 rings (SSSR count). The average Bonchev–Trinajstić information content (AvgIpc) is 2.81. The quantitative estimate of drug-likeness (QED) is 0.835. The normalized spacial score (nSPS) is 18.2. The van der Waals surface area contributed by atoms with E-state index in [1.54, 1.807) is 0 Å². The average molecular weight is 253 g/mol. The van der Waals surface area contributed by atoms with Crippen LogP contribution < -0.4 is 5.32 Å². The van der Waals surface area contributed by atoms with E-state index in [0.717, 1.165) is 12.6 Å². The van der Waals surface area contributed by atoms with Crippen LogP contribution in [0.25, 0.3) is 0 Å². The van der Waals surface area contributed by atoms with Gasteiger partial charge in [-0.3, -0.25) is 0 Å². The molecular weight excluding hydrogens is 232 g/mol. The molecule has 0 spiro atoms. The number of nitrogens with one attached hydrogen (secondary N) is 1. The monoisotopic (exact) mass is 253 g/mol. The number of benzene rings is 1. The van der Waals surface area contributed by atoms with Crippen molar-refractivity contribution in [2.24, 2.45) is 5.41 Å². The van der Waals surface area contributed by atoms with Crippen LogP contribution in [0.15, 0.2) is 18.2 Å². The lowest BCUT2D eigenvalue weighted by Gasteiger charge is -2.27. The lowest BCUT2D eigenvalue weighted by atomic mass is 9.83. The Hall–Kier alpha value is -0.960. The third-order valence-electron chi connectivity index (χ3n) is 4.24. The van der Waals surface area contributed by atoms with Gasteiger partial charge in [0.25, 0.3) is 0 Å². The Morgan fingerprint density at radius 1 is 1.22 bits per heavy atom. The molecule has 0 bridgehead atoms. The van der Waals surface area contributed by atoms with Crippen LogP contribution in [0.4, 0.5) is 8.78 Å². The summed E-state index contributed by atoms with van der Waals surface area (Å²) in [4.78, 5) is 0. The zero-order chi connectivity index (χ0) is 13.0. The second-order valence-electron chi connectivity index (χ2n) is 5.40.